The lowest BCUT2D eigenvalue weighted by Gasteiger charge is -2.28. The molecule has 3 amide bonds. The van der Waals surface area contributed by atoms with Crippen LogP contribution in [0.4, 0.5) is 4.79 Å². The van der Waals surface area contributed by atoms with Crippen LogP contribution >= 0.6 is 0 Å². The van der Waals surface area contributed by atoms with E-state index in [4.69, 9.17) is 15.0 Å². The molecule has 0 fully saturated rings. The number of rotatable bonds is 12. The highest BCUT2D eigenvalue weighted by atomic mass is 16.6. The Labute approximate surface area is 217 Å². The van der Waals surface area contributed by atoms with E-state index in [0.29, 0.717) is 0 Å². The molecule has 0 saturated carbocycles. The third-order valence-electron chi connectivity index (χ3n) is 5.10. The molecular formula is C25H38N6O6. The smallest absolute Gasteiger partial charge is 0.408 e. The predicted octanol–water partition coefficient (Wildman–Crippen LogP) is 3.01. The number of azide groups is 1. The fraction of sp³-hybridized carbons (Fsp3) is 0.600. The van der Waals surface area contributed by atoms with Gasteiger partial charge in [-0.2, -0.15) is 0 Å². The molecule has 0 saturated heterocycles. The maximum Gasteiger partial charge on any atom is 0.408 e. The molecule has 0 aliphatic heterocycles. The van der Waals surface area contributed by atoms with Gasteiger partial charge in [0.1, 0.15) is 23.7 Å². The second kappa shape index (κ2) is 14.7. The molecule has 0 aliphatic rings. The van der Waals surface area contributed by atoms with Crippen LogP contribution in [0.3, 0.4) is 0 Å². The van der Waals surface area contributed by atoms with Gasteiger partial charge in [-0.3, -0.25) is 9.59 Å². The SMILES string of the molecule is COC(=O)[C@H](Cc1ccccc1)NC(=O)[C@@H](NC(=O)[C@H](CC(C)C)NC(=O)OC(C)(C)C)[C@@H](C)N=[N+]=[N-]. The van der Waals surface area contributed by atoms with Gasteiger partial charge in [0.2, 0.25) is 11.8 Å². The highest BCUT2D eigenvalue weighted by molar-refractivity contribution is 5.93. The summed E-state index contributed by atoms with van der Waals surface area (Å²) < 4.78 is 10.1. The standard InChI is InChI=1S/C25H38N6O6/c1-15(2)13-18(28-24(35)37-25(4,5)6)21(32)29-20(16(3)30-31-26)22(33)27-19(23(34)36-7)14-17-11-9-8-10-12-17/h8-12,15-16,18-20H,13-14H2,1-7H3,(H,27,33)(H,28,35)(H,29,32)/t16-,18+,19+,20+/m1/s1. The van der Waals surface area contributed by atoms with Crippen molar-refractivity contribution in [3.8, 4) is 0 Å². The van der Waals surface area contributed by atoms with Crippen molar-refractivity contribution in [2.75, 3.05) is 7.11 Å². The van der Waals surface area contributed by atoms with Crippen molar-refractivity contribution in [1.82, 2.24) is 16.0 Å². The highest BCUT2D eigenvalue weighted by Gasteiger charge is 2.33. The van der Waals surface area contributed by atoms with Crippen LogP contribution in [-0.2, 0) is 30.3 Å². The molecule has 204 valence electrons. The summed E-state index contributed by atoms with van der Waals surface area (Å²) in [6.45, 7) is 10.3. The largest absolute Gasteiger partial charge is 0.467 e. The first-order valence-corrected chi connectivity index (χ1v) is 12.0. The Morgan fingerprint density at radius 2 is 1.59 bits per heavy atom. The van der Waals surface area contributed by atoms with E-state index in [1.54, 1.807) is 45.0 Å². The molecule has 3 N–H and O–H groups in total. The van der Waals surface area contributed by atoms with Crippen molar-refractivity contribution in [3.63, 3.8) is 0 Å². The summed E-state index contributed by atoms with van der Waals surface area (Å²) in [5.41, 5.74) is 8.93. The number of esters is 1. The lowest BCUT2D eigenvalue weighted by molar-refractivity contribution is -0.145. The topological polar surface area (TPSA) is 172 Å². The van der Waals surface area contributed by atoms with Gasteiger partial charge in [-0.15, -0.1) is 0 Å². The third kappa shape index (κ3) is 11.7. The lowest BCUT2D eigenvalue weighted by atomic mass is 10.0. The molecule has 0 aromatic heterocycles. The summed E-state index contributed by atoms with van der Waals surface area (Å²) >= 11 is 0. The molecule has 0 spiro atoms. The Morgan fingerprint density at radius 1 is 0.973 bits per heavy atom. The number of carbonyl (C=O) groups is 4. The number of hydrogen-bond acceptors (Lipinski definition) is 7. The number of hydrogen-bond donors (Lipinski definition) is 3. The number of nitrogens with zero attached hydrogens (tertiary/aromatic N) is 3. The summed E-state index contributed by atoms with van der Waals surface area (Å²) in [6.07, 6.45) is -0.383. The number of amides is 3. The van der Waals surface area contributed by atoms with E-state index >= 15 is 0 Å². The van der Waals surface area contributed by atoms with Gasteiger partial charge in [0.05, 0.1) is 13.2 Å². The Balaban J connectivity index is 3.14. The van der Waals surface area contributed by atoms with E-state index in [1.807, 2.05) is 19.9 Å². The van der Waals surface area contributed by atoms with Crippen LogP contribution in [0.2, 0.25) is 0 Å². The summed E-state index contributed by atoms with van der Waals surface area (Å²) in [5, 5.41) is 11.3. The zero-order chi connectivity index (χ0) is 28.2. The molecule has 12 nitrogen and oxygen atoms in total. The number of ether oxygens (including phenoxy) is 2. The highest BCUT2D eigenvalue weighted by Crippen LogP contribution is 2.11. The van der Waals surface area contributed by atoms with Crippen molar-refractivity contribution < 1.29 is 28.7 Å². The summed E-state index contributed by atoms with van der Waals surface area (Å²) in [4.78, 5) is 53.9. The van der Waals surface area contributed by atoms with Gasteiger partial charge in [0.15, 0.2) is 0 Å². The van der Waals surface area contributed by atoms with Gasteiger partial charge in [0.25, 0.3) is 0 Å². The fourth-order valence-electron chi connectivity index (χ4n) is 3.41. The summed E-state index contributed by atoms with van der Waals surface area (Å²) in [5.74, 6) is -2.08. The van der Waals surface area contributed by atoms with Crippen LogP contribution in [0.5, 0.6) is 0 Å². The van der Waals surface area contributed by atoms with Crippen molar-refractivity contribution in [1.29, 1.82) is 0 Å². The predicted molar refractivity (Wildman–Crippen MR) is 137 cm³/mol. The minimum atomic E-state index is -1.33. The second-order valence-corrected chi connectivity index (χ2v) is 10.0. The second-order valence-electron chi connectivity index (χ2n) is 10.0. The Morgan fingerprint density at radius 3 is 2.11 bits per heavy atom. The molecule has 0 bridgehead atoms. The van der Waals surface area contributed by atoms with E-state index in [9.17, 15) is 19.2 Å². The van der Waals surface area contributed by atoms with E-state index < -0.39 is 53.6 Å². The van der Waals surface area contributed by atoms with Gasteiger partial charge in [-0.25, -0.2) is 9.59 Å². The minimum Gasteiger partial charge on any atom is -0.467 e. The van der Waals surface area contributed by atoms with Gasteiger partial charge < -0.3 is 25.4 Å². The van der Waals surface area contributed by atoms with Gasteiger partial charge in [0, 0.05) is 11.3 Å². The maximum absolute atomic E-state index is 13.2. The van der Waals surface area contributed by atoms with Crippen molar-refractivity contribution >= 4 is 23.9 Å². The van der Waals surface area contributed by atoms with Gasteiger partial charge in [-0.05, 0) is 44.2 Å². The zero-order valence-corrected chi connectivity index (χ0v) is 22.5. The first-order chi connectivity index (χ1) is 17.3. The average Bonchev–Trinajstić information content (AvgIpc) is 2.80. The van der Waals surface area contributed by atoms with Crippen molar-refractivity contribution in [2.45, 2.75) is 84.2 Å². The molecule has 4 atom stereocenters. The number of benzene rings is 1. The van der Waals surface area contributed by atoms with Crippen LogP contribution in [0, 0.1) is 5.92 Å². The molecule has 37 heavy (non-hydrogen) atoms. The molecule has 0 heterocycles. The molecule has 1 aromatic carbocycles. The van der Waals surface area contributed by atoms with E-state index in [2.05, 4.69) is 26.0 Å². The molecule has 0 radical (unpaired) electrons. The Hall–Kier alpha value is -3.79. The molecule has 1 rings (SSSR count). The average molecular weight is 519 g/mol. The molecule has 0 unspecified atom stereocenters. The minimum absolute atomic E-state index is 0.0158. The molecule has 1 aromatic rings. The van der Waals surface area contributed by atoms with E-state index in [1.165, 1.54) is 14.0 Å². The summed E-state index contributed by atoms with van der Waals surface area (Å²) in [7, 11) is 1.20. The maximum atomic E-state index is 13.2. The number of methoxy groups -OCH3 is 1. The first-order valence-electron chi connectivity index (χ1n) is 12.0. The van der Waals surface area contributed by atoms with Crippen LogP contribution in [0.15, 0.2) is 35.4 Å². The Bertz CT molecular complexity index is 972. The summed E-state index contributed by atoms with van der Waals surface area (Å²) in [6, 6.07) is 4.59. The van der Waals surface area contributed by atoms with Gasteiger partial charge >= 0.3 is 12.1 Å². The molecule has 0 aliphatic carbocycles. The number of nitrogens with one attached hydrogen (secondary N) is 3. The van der Waals surface area contributed by atoms with Gasteiger partial charge in [-0.1, -0.05) is 56.2 Å². The normalized spacial score (nSPS) is 14.3. The van der Waals surface area contributed by atoms with Crippen LogP contribution < -0.4 is 16.0 Å². The van der Waals surface area contributed by atoms with Crippen molar-refractivity contribution in [3.05, 3.63) is 46.3 Å². The van der Waals surface area contributed by atoms with Crippen LogP contribution in [0.1, 0.15) is 53.5 Å². The molecular weight excluding hydrogens is 480 g/mol. The third-order valence-corrected chi connectivity index (χ3v) is 5.10. The monoisotopic (exact) mass is 518 g/mol. The van der Waals surface area contributed by atoms with Crippen molar-refractivity contribution in [2.24, 2.45) is 11.0 Å². The quantitative estimate of drug-likeness (QED) is 0.166. The molecule has 12 heteroatoms. The van der Waals surface area contributed by atoms with E-state index in [-0.39, 0.29) is 18.8 Å². The van der Waals surface area contributed by atoms with E-state index in [0.717, 1.165) is 5.56 Å². The lowest BCUT2D eigenvalue weighted by Crippen LogP contribution is -2.59. The fourth-order valence-corrected chi connectivity index (χ4v) is 3.41. The Kier molecular flexibility index (Phi) is 12.4. The van der Waals surface area contributed by atoms with Crippen LogP contribution in [-0.4, -0.2) is 60.8 Å². The number of carbonyl (C=O) groups excluding carboxylic acids is 4. The van der Waals surface area contributed by atoms with Crippen LogP contribution in [0.25, 0.3) is 10.4 Å². The first kappa shape index (κ1) is 31.2. The zero-order valence-electron chi connectivity index (χ0n) is 22.5. The number of alkyl carbamates (subject to hydrolysis) is 1.